The first kappa shape index (κ1) is 20.0. The summed E-state index contributed by atoms with van der Waals surface area (Å²) in [5, 5.41) is 0.967. The first-order valence-electron chi connectivity index (χ1n) is 11.0. The molecule has 0 bridgehead atoms. The van der Waals surface area contributed by atoms with Gasteiger partial charge < -0.3 is 9.80 Å². The van der Waals surface area contributed by atoms with E-state index in [4.69, 9.17) is 4.99 Å². The summed E-state index contributed by atoms with van der Waals surface area (Å²) in [7, 11) is 0. The molecule has 0 aliphatic carbocycles. The van der Waals surface area contributed by atoms with E-state index in [0.717, 1.165) is 43.0 Å². The van der Waals surface area contributed by atoms with Crippen LogP contribution in [0.15, 0.2) is 29.3 Å². The summed E-state index contributed by atoms with van der Waals surface area (Å²) in [6, 6.07) is 9.33. The van der Waals surface area contributed by atoms with Crippen molar-refractivity contribution in [3.05, 3.63) is 35.4 Å². The highest BCUT2D eigenvalue weighted by molar-refractivity contribution is 8.15. The van der Waals surface area contributed by atoms with Gasteiger partial charge in [0.1, 0.15) is 5.25 Å². The van der Waals surface area contributed by atoms with Crippen molar-refractivity contribution in [1.82, 2.24) is 9.80 Å². The van der Waals surface area contributed by atoms with Crippen molar-refractivity contribution in [3.8, 4) is 0 Å². The maximum atomic E-state index is 13.3. The number of carbonyl (C=O) groups excluding carboxylic acids is 1. The second-order valence-corrected chi connectivity index (χ2v) is 9.55. The topological polar surface area (TPSA) is 35.9 Å². The molecule has 0 N–H and O–H groups in total. The van der Waals surface area contributed by atoms with Crippen molar-refractivity contribution in [2.45, 2.75) is 69.7 Å². The maximum absolute atomic E-state index is 13.3. The van der Waals surface area contributed by atoms with Gasteiger partial charge in [-0.05, 0) is 70.2 Å². The summed E-state index contributed by atoms with van der Waals surface area (Å²) >= 11 is 1.67. The minimum absolute atomic E-state index is 0.0513. The van der Waals surface area contributed by atoms with Gasteiger partial charge in [-0.25, -0.2) is 0 Å². The zero-order chi connectivity index (χ0) is 19.5. The molecule has 0 radical (unpaired) electrons. The standard InChI is InChI=1S/C23H33N3OS/c1-3-18-8-6-9-19(16-18)22-24-17(2)21(28-22)23(27)26-14-7-10-20(11-15-26)25-12-4-5-13-25/h6,8-9,16-17,20-21H,3-5,7,10-15H2,1-2H3. The number of amides is 1. The number of nitrogens with zero attached hydrogens (tertiary/aromatic N) is 3. The van der Waals surface area contributed by atoms with E-state index in [1.54, 1.807) is 11.8 Å². The molecule has 1 aromatic carbocycles. The Morgan fingerprint density at radius 1 is 1.14 bits per heavy atom. The van der Waals surface area contributed by atoms with E-state index in [2.05, 4.69) is 47.9 Å². The van der Waals surface area contributed by atoms with Gasteiger partial charge in [-0.3, -0.25) is 9.79 Å². The van der Waals surface area contributed by atoms with Crippen LogP contribution < -0.4 is 0 Å². The lowest BCUT2D eigenvalue weighted by molar-refractivity contribution is -0.130. The van der Waals surface area contributed by atoms with Gasteiger partial charge in [-0.2, -0.15) is 0 Å². The highest BCUT2D eigenvalue weighted by Gasteiger charge is 2.37. The summed E-state index contributed by atoms with van der Waals surface area (Å²) in [4.78, 5) is 23.0. The molecule has 2 saturated heterocycles. The third-order valence-corrected chi connectivity index (χ3v) is 7.90. The average Bonchev–Trinajstić information content (AvgIpc) is 3.32. The summed E-state index contributed by atoms with van der Waals surface area (Å²) in [5.74, 6) is 0.296. The molecule has 2 fully saturated rings. The molecule has 4 nitrogen and oxygen atoms in total. The van der Waals surface area contributed by atoms with E-state index in [0.29, 0.717) is 11.9 Å². The van der Waals surface area contributed by atoms with Gasteiger partial charge in [-0.1, -0.05) is 36.9 Å². The molecule has 5 heteroatoms. The third-order valence-electron chi connectivity index (χ3n) is 6.49. The van der Waals surface area contributed by atoms with Gasteiger partial charge in [0.2, 0.25) is 5.91 Å². The van der Waals surface area contributed by atoms with Gasteiger partial charge in [0.15, 0.2) is 0 Å². The smallest absolute Gasteiger partial charge is 0.238 e. The molecule has 3 atom stereocenters. The fourth-order valence-corrected chi connectivity index (χ4v) is 6.01. The number of aryl methyl sites for hydroxylation is 1. The molecular formula is C23H33N3OS. The second kappa shape index (κ2) is 9.00. The predicted molar refractivity (Wildman–Crippen MR) is 118 cm³/mol. The second-order valence-electron chi connectivity index (χ2n) is 8.42. The van der Waals surface area contributed by atoms with Gasteiger partial charge in [-0.15, -0.1) is 0 Å². The van der Waals surface area contributed by atoms with E-state index >= 15 is 0 Å². The number of thioether (sulfide) groups is 1. The fourth-order valence-electron chi connectivity index (χ4n) is 4.78. The number of likely N-dealkylation sites (tertiary alicyclic amines) is 2. The number of rotatable bonds is 4. The van der Waals surface area contributed by atoms with Gasteiger partial charge in [0.05, 0.1) is 11.1 Å². The van der Waals surface area contributed by atoms with Crippen LogP contribution in [-0.4, -0.2) is 64.3 Å². The van der Waals surface area contributed by atoms with Crippen LogP contribution in [0.2, 0.25) is 0 Å². The lowest BCUT2D eigenvalue weighted by Gasteiger charge is -2.27. The van der Waals surface area contributed by atoms with Crippen LogP contribution in [-0.2, 0) is 11.2 Å². The van der Waals surface area contributed by atoms with Crippen LogP contribution in [0.5, 0.6) is 0 Å². The van der Waals surface area contributed by atoms with E-state index in [1.165, 1.54) is 37.9 Å². The normalized spacial score (nSPS) is 29.0. The quantitative estimate of drug-likeness (QED) is 0.768. The highest BCUT2D eigenvalue weighted by Crippen LogP contribution is 2.33. The lowest BCUT2D eigenvalue weighted by Crippen LogP contribution is -2.42. The molecule has 3 aliphatic rings. The first-order chi connectivity index (χ1) is 13.7. The molecule has 3 aliphatic heterocycles. The zero-order valence-corrected chi connectivity index (χ0v) is 18.1. The van der Waals surface area contributed by atoms with E-state index in [1.807, 2.05) is 0 Å². The van der Waals surface area contributed by atoms with Crippen molar-refractivity contribution in [3.63, 3.8) is 0 Å². The summed E-state index contributed by atoms with van der Waals surface area (Å²) in [5.41, 5.74) is 2.49. The molecule has 0 aromatic heterocycles. The molecule has 1 amide bonds. The Morgan fingerprint density at radius 2 is 1.96 bits per heavy atom. The number of carbonyl (C=O) groups is 1. The van der Waals surface area contributed by atoms with E-state index < -0.39 is 0 Å². The zero-order valence-electron chi connectivity index (χ0n) is 17.3. The summed E-state index contributed by atoms with van der Waals surface area (Å²) in [6.45, 7) is 8.59. The average molecular weight is 400 g/mol. The number of hydrogen-bond donors (Lipinski definition) is 0. The van der Waals surface area contributed by atoms with Crippen LogP contribution in [0.25, 0.3) is 0 Å². The molecule has 28 heavy (non-hydrogen) atoms. The first-order valence-corrected chi connectivity index (χ1v) is 11.9. The summed E-state index contributed by atoms with van der Waals surface area (Å²) in [6.07, 6.45) is 7.20. The van der Waals surface area contributed by atoms with E-state index in [-0.39, 0.29) is 11.3 Å². The Labute approximate surface area is 173 Å². The highest BCUT2D eigenvalue weighted by atomic mass is 32.2. The number of hydrogen-bond acceptors (Lipinski definition) is 4. The van der Waals surface area contributed by atoms with Gasteiger partial charge in [0.25, 0.3) is 0 Å². The Hall–Kier alpha value is -1.33. The molecule has 0 spiro atoms. The molecule has 3 unspecified atom stereocenters. The van der Waals surface area contributed by atoms with Gasteiger partial charge in [0, 0.05) is 24.7 Å². The van der Waals surface area contributed by atoms with Crippen molar-refractivity contribution in [2.24, 2.45) is 4.99 Å². The number of aliphatic imine (C=N–C) groups is 1. The van der Waals surface area contributed by atoms with Crippen molar-refractivity contribution < 1.29 is 4.79 Å². The molecule has 1 aromatic rings. The largest absolute Gasteiger partial charge is 0.342 e. The van der Waals surface area contributed by atoms with Crippen LogP contribution in [0.4, 0.5) is 0 Å². The van der Waals surface area contributed by atoms with Crippen LogP contribution >= 0.6 is 11.8 Å². The summed E-state index contributed by atoms with van der Waals surface area (Å²) < 4.78 is 0. The van der Waals surface area contributed by atoms with E-state index in [9.17, 15) is 4.79 Å². The van der Waals surface area contributed by atoms with Crippen molar-refractivity contribution >= 4 is 22.7 Å². The van der Waals surface area contributed by atoms with Crippen molar-refractivity contribution in [1.29, 1.82) is 0 Å². The Kier molecular flexibility index (Phi) is 6.42. The SMILES string of the molecule is CCc1cccc(C2=NC(C)C(C(=O)N3CCCC(N4CCCC4)CC3)S2)c1. The van der Waals surface area contributed by atoms with Gasteiger partial charge >= 0.3 is 0 Å². The minimum atomic E-state index is -0.0661. The Bertz CT molecular complexity index is 728. The Balaban J connectivity index is 1.38. The number of benzene rings is 1. The third kappa shape index (κ3) is 4.30. The molecule has 152 valence electrons. The molecule has 0 saturated carbocycles. The predicted octanol–water partition coefficient (Wildman–Crippen LogP) is 3.98. The van der Waals surface area contributed by atoms with Crippen LogP contribution in [0.3, 0.4) is 0 Å². The molecule has 4 rings (SSSR count). The lowest BCUT2D eigenvalue weighted by atomic mass is 10.1. The van der Waals surface area contributed by atoms with Crippen LogP contribution in [0, 0.1) is 0 Å². The van der Waals surface area contributed by atoms with Crippen LogP contribution in [0.1, 0.15) is 57.1 Å². The monoisotopic (exact) mass is 399 g/mol. The van der Waals surface area contributed by atoms with Crippen molar-refractivity contribution in [2.75, 3.05) is 26.2 Å². The molecule has 3 heterocycles. The fraction of sp³-hybridized carbons (Fsp3) is 0.652. The minimum Gasteiger partial charge on any atom is -0.342 e. The Morgan fingerprint density at radius 3 is 2.75 bits per heavy atom. The molecular weight excluding hydrogens is 366 g/mol. The maximum Gasteiger partial charge on any atom is 0.238 e.